The lowest BCUT2D eigenvalue weighted by atomic mass is 10.1. The third kappa shape index (κ3) is 4.83. The van der Waals surface area contributed by atoms with Crippen molar-refractivity contribution in [2.75, 3.05) is 39.3 Å². The molecule has 2 heterocycles. The van der Waals surface area contributed by atoms with Crippen molar-refractivity contribution in [1.29, 1.82) is 0 Å². The van der Waals surface area contributed by atoms with Crippen LogP contribution in [0.25, 0.3) is 10.9 Å². The quantitative estimate of drug-likeness (QED) is 0.632. The summed E-state index contributed by atoms with van der Waals surface area (Å²) in [5.74, 6) is -0.436. The first-order valence-corrected chi connectivity index (χ1v) is 12.4. The van der Waals surface area contributed by atoms with E-state index in [1.165, 1.54) is 10.4 Å². The molecule has 1 aromatic heterocycles. The Morgan fingerprint density at radius 2 is 1.81 bits per heavy atom. The normalized spacial score (nSPS) is 15.1. The van der Waals surface area contributed by atoms with Crippen LogP contribution < -0.4 is 10.7 Å². The van der Waals surface area contributed by atoms with E-state index in [0.717, 1.165) is 25.9 Å². The summed E-state index contributed by atoms with van der Waals surface area (Å²) in [6, 6.07) is 4.63. The summed E-state index contributed by atoms with van der Waals surface area (Å²) in [5, 5.41) is 3.07. The molecule has 2 aromatic rings. The Hall–Kier alpha value is -2.23. The highest BCUT2D eigenvalue weighted by atomic mass is 32.2. The minimum Gasteiger partial charge on any atom is -0.351 e. The lowest BCUT2D eigenvalue weighted by Gasteiger charge is -2.18. The van der Waals surface area contributed by atoms with E-state index in [0.29, 0.717) is 38.2 Å². The van der Waals surface area contributed by atoms with Crippen molar-refractivity contribution < 1.29 is 13.2 Å². The van der Waals surface area contributed by atoms with Crippen LogP contribution >= 0.6 is 0 Å². The van der Waals surface area contributed by atoms with Gasteiger partial charge in [-0.15, -0.1) is 0 Å². The van der Waals surface area contributed by atoms with E-state index in [-0.39, 0.29) is 15.8 Å². The number of carbonyl (C=O) groups excluding carboxylic acids is 1. The van der Waals surface area contributed by atoms with Gasteiger partial charge in [0.15, 0.2) is 0 Å². The third-order valence-electron chi connectivity index (χ3n) is 5.95. The molecule has 1 aromatic carbocycles. The second-order valence-electron chi connectivity index (χ2n) is 7.73. The third-order valence-corrected chi connectivity index (χ3v) is 7.84. The highest BCUT2D eigenvalue weighted by molar-refractivity contribution is 7.89. The standard InChI is InChI=1S/C22H32N4O4S/c1-4-24(5-2)14-11-23-22(28)19-16-25(6-3)20-10-9-17(15-18(20)21(19)27)31(29,30)26-12-7-8-13-26/h9-10,15-16H,4-8,11-14H2,1-3H3,(H,23,28). The number of aromatic nitrogens is 1. The molecule has 0 radical (unpaired) electrons. The maximum Gasteiger partial charge on any atom is 0.256 e. The molecule has 0 unspecified atom stereocenters. The fraction of sp³-hybridized carbons (Fsp3) is 0.545. The summed E-state index contributed by atoms with van der Waals surface area (Å²) in [4.78, 5) is 28.2. The van der Waals surface area contributed by atoms with Crippen LogP contribution in [0.1, 0.15) is 44.0 Å². The molecule has 0 saturated carbocycles. The molecule has 0 bridgehead atoms. The van der Waals surface area contributed by atoms with Crippen molar-refractivity contribution in [2.24, 2.45) is 0 Å². The summed E-state index contributed by atoms with van der Waals surface area (Å²) >= 11 is 0. The van der Waals surface area contributed by atoms with Crippen molar-refractivity contribution >= 4 is 26.8 Å². The van der Waals surface area contributed by atoms with Crippen molar-refractivity contribution in [1.82, 2.24) is 19.1 Å². The molecule has 3 rings (SSSR count). The lowest BCUT2D eigenvalue weighted by Crippen LogP contribution is -2.36. The fourth-order valence-electron chi connectivity index (χ4n) is 4.00. The number of likely N-dealkylation sites (N-methyl/N-ethyl adjacent to an activating group) is 1. The number of rotatable bonds is 9. The average molecular weight is 449 g/mol. The van der Waals surface area contributed by atoms with E-state index in [9.17, 15) is 18.0 Å². The minimum absolute atomic E-state index is 0.0321. The number of pyridine rings is 1. The Bertz CT molecular complexity index is 1100. The maximum absolute atomic E-state index is 13.2. The van der Waals surface area contributed by atoms with Gasteiger partial charge in [0.1, 0.15) is 5.56 Å². The Morgan fingerprint density at radius 1 is 1.13 bits per heavy atom. The summed E-state index contributed by atoms with van der Waals surface area (Å²) in [7, 11) is -3.65. The summed E-state index contributed by atoms with van der Waals surface area (Å²) in [6.45, 7) is 10.5. The first kappa shape index (κ1) is 23.4. The number of amides is 1. The molecule has 8 nitrogen and oxygen atoms in total. The van der Waals surface area contributed by atoms with Gasteiger partial charge in [0.25, 0.3) is 5.91 Å². The van der Waals surface area contributed by atoms with Gasteiger partial charge in [-0.25, -0.2) is 8.42 Å². The largest absolute Gasteiger partial charge is 0.351 e. The fourth-order valence-corrected chi connectivity index (χ4v) is 5.54. The van der Waals surface area contributed by atoms with Crippen molar-refractivity contribution in [3.05, 3.63) is 40.2 Å². The van der Waals surface area contributed by atoms with Crippen LogP contribution in [-0.4, -0.2) is 67.4 Å². The van der Waals surface area contributed by atoms with Gasteiger partial charge in [0, 0.05) is 44.3 Å². The molecule has 0 aliphatic carbocycles. The molecule has 31 heavy (non-hydrogen) atoms. The van der Waals surface area contributed by atoms with Crippen LogP contribution in [0.5, 0.6) is 0 Å². The zero-order valence-electron chi connectivity index (χ0n) is 18.6. The van der Waals surface area contributed by atoms with E-state index in [2.05, 4.69) is 24.1 Å². The Morgan fingerprint density at radius 3 is 2.42 bits per heavy atom. The number of nitrogens with zero attached hydrogens (tertiary/aromatic N) is 3. The predicted molar refractivity (Wildman–Crippen MR) is 122 cm³/mol. The molecule has 1 fully saturated rings. The van der Waals surface area contributed by atoms with Crippen LogP contribution in [0, 0.1) is 0 Å². The smallest absolute Gasteiger partial charge is 0.256 e. The molecular formula is C22H32N4O4S. The second-order valence-corrected chi connectivity index (χ2v) is 9.67. The molecule has 0 spiro atoms. The predicted octanol–water partition coefficient (Wildman–Crippen LogP) is 1.88. The average Bonchev–Trinajstić information content (AvgIpc) is 3.32. The SMILES string of the molecule is CCN(CC)CCNC(=O)c1cn(CC)c2ccc(S(=O)(=O)N3CCCC3)cc2c1=O. The topological polar surface area (TPSA) is 91.7 Å². The number of fused-ring (bicyclic) bond motifs is 1. The zero-order chi connectivity index (χ0) is 22.6. The molecule has 1 N–H and O–H groups in total. The molecule has 170 valence electrons. The van der Waals surface area contributed by atoms with E-state index in [1.54, 1.807) is 18.3 Å². The van der Waals surface area contributed by atoms with Gasteiger partial charge >= 0.3 is 0 Å². The number of hydrogen-bond acceptors (Lipinski definition) is 5. The van der Waals surface area contributed by atoms with Crippen LogP contribution in [0.3, 0.4) is 0 Å². The van der Waals surface area contributed by atoms with E-state index >= 15 is 0 Å². The van der Waals surface area contributed by atoms with Crippen LogP contribution in [0.2, 0.25) is 0 Å². The highest BCUT2D eigenvalue weighted by Crippen LogP contribution is 2.24. The molecule has 1 amide bonds. The highest BCUT2D eigenvalue weighted by Gasteiger charge is 2.28. The van der Waals surface area contributed by atoms with Gasteiger partial charge in [-0.3, -0.25) is 9.59 Å². The lowest BCUT2D eigenvalue weighted by molar-refractivity contribution is 0.0947. The van der Waals surface area contributed by atoms with Gasteiger partial charge in [-0.2, -0.15) is 4.31 Å². The van der Waals surface area contributed by atoms with Crippen LogP contribution in [0.15, 0.2) is 34.1 Å². The Balaban J connectivity index is 1.97. The van der Waals surface area contributed by atoms with E-state index in [1.807, 2.05) is 11.5 Å². The zero-order valence-corrected chi connectivity index (χ0v) is 19.4. The summed E-state index contributed by atoms with van der Waals surface area (Å²) in [6.07, 6.45) is 3.24. The van der Waals surface area contributed by atoms with E-state index in [4.69, 9.17) is 0 Å². The summed E-state index contributed by atoms with van der Waals surface area (Å²) < 4.78 is 29.2. The van der Waals surface area contributed by atoms with Gasteiger partial charge in [0.2, 0.25) is 15.5 Å². The number of aryl methyl sites for hydroxylation is 1. The number of nitrogens with one attached hydrogen (secondary N) is 1. The van der Waals surface area contributed by atoms with Gasteiger partial charge in [-0.1, -0.05) is 13.8 Å². The number of benzene rings is 1. The van der Waals surface area contributed by atoms with Gasteiger partial charge in [-0.05, 0) is 51.1 Å². The molecule has 0 atom stereocenters. The monoisotopic (exact) mass is 448 g/mol. The van der Waals surface area contributed by atoms with Gasteiger partial charge < -0.3 is 14.8 Å². The number of sulfonamides is 1. The Kier molecular flexibility index (Phi) is 7.51. The molecular weight excluding hydrogens is 416 g/mol. The van der Waals surface area contributed by atoms with Gasteiger partial charge in [0.05, 0.1) is 10.4 Å². The second kappa shape index (κ2) is 9.93. The first-order chi connectivity index (χ1) is 14.8. The molecule has 1 aliphatic heterocycles. The van der Waals surface area contributed by atoms with Crippen LogP contribution in [0.4, 0.5) is 0 Å². The van der Waals surface area contributed by atoms with E-state index < -0.39 is 21.4 Å². The minimum atomic E-state index is -3.65. The Labute approximate surface area is 183 Å². The molecule has 1 saturated heterocycles. The first-order valence-electron chi connectivity index (χ1n) is 11.0. The molecule has 9 heteroatoms. The van der Waals surface area contributed by atoms with Crippen LogP contribution in [-0.2, 0) is 16.6 Å². The van der Waals surface area contributed by atoms with Crippen molar-refractivity contribution in [2.45, 2.75) is 45.1 Å². The number of carbonyl (C=O) groups is 1. The van der Waals surface area contributed by atoms with Crippen molar-refractivity contribution in [3.8, 4) is 0 Å². The number of hydrogen-bond donors (Lipinski definition) is 1. The van der Waals surface area contributed by atoms with Crippen molar-refractivity contribution in [3.63, 3.8) is 0 Å². The maximum atomic E-state index is 13.2. The summed E-state index contributed by atoms with van der Waals surface area (Å²) in [5.41, 5.74) is 0.204. The molecule has 1 aliphatic rings.